The molecule has 0 aliphatic heterocycles. The van der Waals surface area contributed by atoms with Gasteiger partial charge in [-0.15, -0.1) is 0 Å². The maximum Gasteiger partial charge on any atom is 0.136 e. The Balaban J connectivity index is 2.80. The van der Waals surface area contributed by atoms with E-state index in [1.807, 2.05) is 22.9 Å². The van der Waals surface area contributed by atoms with Gasteiger partial charge in [-0.05, 0) is 41.1 Å². The highest BCUT2D eigenvalue weighted by atomic mass is 79.9. The van der Waals surface area contributed by atoms with Crippen LogP contribution in [0.1, 0.15) is 6.92 Å². The Bertz CT molecular complexity index is 450. The van der Waals surface area contributed by atoms with Crippen LogP contribution in [-0.2, 0) is 6.54 Å². The summed E-state index contributed by atoms with van der Waals surface area (Å²) in [6, 6.07) is 5.78. The molecule has 0 fully saturated rings. The van der Waals surface area contributed by atoms with Gasteiger partial charge in [-0.25, -0.2) is 0 Å². The second-order valence-corrected chi connectivity index (χ2v) is 3.96. The van der Waals surface area contributed by atoms with Crippen LogP contribution in [-0.4, -0.2) is 9.78 Å². The average Bonchev–Trinajstić information content (AvgIpc) is 2.43. The molecule has 0 aliphatic rings. The molecule has 0 aliphatic carbocycles. The average molecular weight is 260 g/mol. The zero-order valence-electron chi connectivity index (χ0n) is 7.09. The van der Waals surface area contributed by atoms with E-state index in [2.05, 4.69) is 28.0 Å². The number of hydrogen-bond donors (Lipinski definition) is 0. The molecule has 0 atom stereocenters. The van der Waals surface area contributed by atoms with Gasteiger partial charge in [-0.1, -0.05) is 11.6 Å². The molecule has 0 spiro atoms. The van der Waals surface area contributed by atoms with Crippen LogP contribution < -0.4 is 0 Å². The minimum Gasteiger partial charge on any atom is -0.264 e. The van der Waals surface area contributed by atoms with Crippen molar-refractivity contribution >= 4 is 38.4 Å². The molecule has 1 heterocycles. The molecule has 68 valence electrons. The minimum atomic E-state index is 0.740. The SMILES string of the molecule is CCn1nc(Br)c2cc(Cl)ccc21. The van der Waals surface area contributed by atoms with Crippen LogP contribution in [0.5, 0.6) is 0 Å². The first-order valence-corrected chi connectivity index (χ1v) is 5.21. The molecule has 0 unspecified atom stereocenters. The van der Waals surface area contributed by atoms with E-state index >= 15 is 0 Å². The van der Waals surface area contributed by atoms with Crippen LogP contribution in [0.4, 0.5) is 0 Å². The van der Waals surface area contributed by atoms with E-state index in [0.29, 0.717) is 0 Å². The Morgan fingerprint density at radius 1 is 1.54 bits per heavy atom. The van der Waals surface area contributed by atoms with Gasteiger partial charge < -0.3 is 0 Å². The van der Waals surface area contributed by atoms with Gasteiger partial charge in [0.2, 0.25) is 0 Å². The van der Waals surface area contributed by atoms with Gasteiger partial charge in [-0.3, -0.25) is 4.68 Å². The molecule has 1 aromatic carbocycles. The van der Waals surface area contributed by atoms with Crippen LogP contribution in [0.25, 0.3) is 10.9 Å². The van der Waals surface area contributed by atoms with Crippen molar-refractivity contribution in [3.05, 3.63) is 27.8 Å². The number of aryl methyl sites for hydroxylation is 1. The summed E-state index contributed by atoms with van der Waals surface area (Å²) >= 11 is 9.29. The maximum atomic E-state index is 5.89. The third-order valence-electron chi connectivity index (χ3n) is 1.97. The molecule has 13 heavy (non-hydrogen) atoms. The predicted octanol–water partition coefficient (Wildman–Crippen LogP) is 3.47. The largest absolute Gasteiger partial charge is 0.264 e. The van der Waals surface area contributed by atoms with Crippen LogP contribution in [0.15, 0.2) is 22.8 Å². The summed E-state index contributed by atoms with van der Waals surface area (Å²) in [7, 11) is 0. The first kappa shape index (κ1) is 9.03. The lowest BCUT2D eigenvalue weighted by atomic mass is 10.2. The van der Waals surface area contributed by atoms with Crippen molar-refractivity contribution in [3.8, 4) is 0 Å². The minimum absolute atomic E-state index is 0.740. The van der Waals surface area contributed by atoms with Crippen LogP contribution >= 0.6 is 27.5 Å². The van der Waals surface area contributed by atoms with E-state index in [-0.39, 0.29) is 0 Å². The van der Waals surface area contributed by atoms with E-state index in [4.69, 9.17) is 11.6 Å². The van der Waals surface area contributed by atoms with Crippen LogP contribution in [0.2, 0.25) is 5.02 Å². The summed E-state index contributed by atoms with van der Waals surface area (Å²) in [4.78, 5) is 0. The molecule has 0 amide bonds. The number of halogens is 2. The summed E-state index contributed by atoms with van der Waals surface area (Å²) in [5, 5.41) is 6.13. The van der Waals surface area contributed by atoms with Gasteiger partial charge in [0.05, 0.1) is 5.52 Å². The van der Waals surface area contributed by atoms with E-state index in [1.54, 1.807) is 0 Å². The van der Waals surface area contributed by atoms with Crippen LogP contribution in [0.3, 0.4) is 0 Å². The highest BCUT2D eigenvalue weighted by Crippen LogP contribution is 2.26. The van der Waals surface area contributed by atoms with E-state index in [1.165, 1.54) is 0 Å². The molecule has 2 nitrogen and oxygen atoms in total. The van der Waals surface area contributed by atoms with E-state index in [9.17, 15) is 0 Å². The molecule has 4 heteroatoms. The fraction of sp³-hybridized carbons (Fsp3) is 0.222. The Morgan fingerprint density at radius 2 is 2.31 bits per heavy atom. The maximum absolute atomic E-state index is 5.89. The monoisotopic (exact) mass is 258 g/mol. The third-order valence-corrected chi connectivity index (χ3v) is 2.79. The van der Waals surface area contributed by atoms with Gasteiger partial charge in [0.25, 0.3) is 0 Å². The highest BCUT2D eigenvalue weighted by molar-refractivity contribution is 9.10. The van der Waals surface area contributed by atoms with E-state index < -0.39 is 0 Å². The Labute approximate surface area is 89.6 Å². The molecule has 2 aromatic rings. The fourth-order valence-electron chi connectivity index (χ4n) is 1.35. The summed E-state index contributed by atoms with van der Waals surface area (Å²) in [5.74, 6) is 0. The second-order valence-electron chi connectivity index (χ2n) is 2.77. The van der Waals surface area contributed by atoms with Crippen molar-refractivity contribution in [3.63, 3.8) is 0 Å². The van der Waals surface area contributed by atoms with Gasteiger partial charge in [0.1, 0.15) is 4.60 Å². The summed E-state index contributed by atoms with van der Waals surface area (Å²) in [6.45, 7) is 2.93. The fourth-order valence-corrected chi connectivity index (χ4v) is 2.03. The number of fused-ring (bicyclic) bond motifs is 1. The molecule has 0 saturated heterocycles. The zero-order valence-corrected chi connectivity index (χ0v) is 9.43. The molecule has 0 saturated carbocycles. The Morgan fingerprint density at radius 3 is 3.00 bits per heavy atom. The van der Waals surface area contributed by atoms with Crippen molar-refractivity contribution in [1.29, 1.82) is 0 Å². The molecule has 1 aromatic heterocycles. The van der Waals surface area contributed by atoms with Crippen LogP contribution in [0, 0.1) is 0 Å². The van der Waals surface area contributed by atoms with Crippen molar-refractivity contribution in [2.45, 2.75) is 13.5 Å². The zero-order chi connectivity index (χ0) is 9.42. The van der Waals surface area contributed by atoms with Crippen molar-refractivity contribution in [1.82, 2.24) is 9.78 Å². The van der Waals surface area contributed by atoms with Gasteiger partial charge in [0, 0.05) is 17.0 Å². The number of nitrogens with zero attached hydrogens (tertiary/aromatic N) is 2. The smallest absolute Gasteiger partial charge is 0.136 e. The standard InChI is InChI=1S/C9H8BrClN2/c1-2-13-8-4-3-6(11)5-7(8)9(10)12-13/h3-5H,2H2,1H3. The lowest BCUT2D eigenvalue weighted by molar-refractivity contribution is 0.678. The summed E-state index contributed by atoms with van der Waals surface area (Å²) in [6.07, 6.45) is 0. The number of benzene rings is 1. The quantitative estimate of drug-likeness (QED) is 0.767. The lowest BCUT2D eigenvalue weighted by Crippen LogP contribution is -1.94. The summed E-state index contributed by atoms with van der Waals surface area (Å²) in [5.41, 5.74) is 1.11. The van der Waals surface area contributed by atoms with E-state index in [0.717, 1.165) is 27.1 Å². The molecule has 0 bridgehead atoms. The number of aromatic nitrogens is 2. The normalized spacial score (nSPS) is 11.0. The number of hydrogen-bond acceptors (Lipinski definition) is 1. The van der Waals surface area contributed by atoms with Gasteiger partial charge in [-0.2, -0.15) is 5.10 Å². The molecular weight excluding hydrogens is 251 g/mol. The predicted molar refractivity (Wildman–Crippen MR) is 58.1 cm³/mol. The second kappa shape index (κ2) is 3.31. The summed E-state index contributed by atoms with van der Waals surface area (Å²) < 4.78 is 2.79. The lowest BCUT2D eigenvalue weighted by Gasteiger charge is -1.96. The first-order valence-electron chi connectivity index (χ1n) is 4.04. The Kier molecular flexibility index (Phi) is 2.30. The van der Waals surface area contributed by atoms with Gasteiger partial charge in [0.15, 0.2) is 0 Å². The molecule has 0 radical (unpaired) electrons. The molecular formula is C9H8BrClN2. The Hall–Kier alpha value is -0.540. The third kappa shape index (κ3) is 1.46. The van der Waals surface area contributed by atoms with Crippen molar-refractivity contribution in [2.24, 2.45) is 0 Å². The topological polar surface area (TPSA) is 17.8 Å². The molecule has 0 N–H and O–H groups in total. The number of rotatable bonds is 1. The highest BCUT2D eigenvalue weighted by Gasteiger charge is 2.06. The van der Waals surface area contributed by atoms with Crippen molar-refractivity contribution < 1.29 is 0 Å². The van der Waals surface area contributed by atoms with Gasteiger partial charge >= 0.3 is 0 Å². The van der Waals surface area contributed by atoms with Crippen molar-refractivity contribution in [2.75, 3.05) is 0 Å². The first-order chi connectivity index (χ1) is 6.22. The molecule has 2 rings (SSSR count).